The van der Waals surface area contributed by atoms with Crippen molar-refractivity contribution in [1.82, 2.24) is 4.90 Å². The van der Waals surface area contributed by atoms with Gasteiger partial charge in [0, 0.05) is 6.54 Å². The normalized spacial score (nSPS) is 18.7. The zero-order chi connectivity index (χ0) is 16.2. The van der Waals surface area contributed by atoms with E-state index in [-0.39, 0.29) is 6.04 Å². The van der Waals surface area contributed by atoms with Gasteiger partial charge in [-0.15, -0.1) is 0 Å². The molecule has 3 heteroatoms. The van der Waals surface area contributed by atoms with Gasteiger partial charge >= 0.3 is 5.97 Å². The molecule has 23 heavy (non-hydrogen) atoms. The van der Waals surface area contributed by atoms with Crippen molar-refractivity contribution in [1.29, 1.82) is 0 Å². The van der Waals surface area contributed by atoms with E-state index < -0.39 is 5.97 Å². The first-order chi connectivity index (χ1) is 11.1. The van der Waals surface area contributed by atoms with Gasteiger partial charge in [0.1, 0.15) is 6.04 Å². The number of hydrogen-bond acceptors (Lipinski definition) is 2. The largest absolute Gasteiger partial charge is 0.480 e. The predicted molar refractivity (Wildman–Crippen MR) is 92.3 cm³/mol. The van der Waals surface area contributed by atoms with E-state index in [0.29, 0.717) is 6.54 Å². The molecule has 1 fully saturated rings. The lowest BCUT2D eigenvalue weighted by Crippen LogP contribution is -2.43. The maximum Gasteiger partial charge on any atom is 0.320 e. The second-order valence-corrected chi connectivity index (χ2v) is 6.39. The number of likely N-dealkylation sites (tertiary alicyclic amines) is 1. The number of aliphatic carboxylic acids is 1. The minimum Gasteiger partial charge on any atom is -0.480 e. The van der Waals surface area contributed by atoms with Gasteiger partial charge in [-0.3, -0.25) is 9.69 Å². The predicted octanol–water partition coefficient (Wildman–Crippen LogP) is 4.10. The van der Waals surface area contributed by atoms with Crippen molar-refractivity contribution in [3.63, 3.8) is 0 Å². The molecule has 0 aromatic heterocycles. The second-order valence-electron chi connectivity index (χ2n) is 6.39. The van der Waals surface area contributed by atoms with E-state index >= 15 is 0 Å². The number of carbonyl (C=O) groups is 1. The van der Waals surface area contributed by atoms with Crippen LogP contribution < -0.4 is 0 Å². The summed E-state index contributed by atoms with van der Waals surface area (Å²) >= 11 is 0. The molecule has 3 nitrogen and oxygen atoms in total. The van der Waals surface area contributed by atoms with Crippen molar-refractivity contribution in [3.05, 3.63) is 59.7 Å². The van der Waals surface area contributed by atoms with Gasteiger partial charge in [0.2, 0.25) is 0 Å². The number of hydrogen-bond donors (Lipinski definition) is 1. The topological polar surface area (TPSA) is 40.5 Å². The summed E-state index contributed by atoms with van der Waals surface area (Å²) < 4.78 is 0. The van der Waals surface area contributed by atoms with Crippen LogP contribution in [0, 0.1) is 6.92 Å². The number of carboxylic acids is 1. The molecule has 2 aromatic rings. The van der Waals surface area contributed by atoms with Crippen molar-refractivity contribution in [2.75, 3.05) is 6.54 Å². The third-order valence-corrected chi connectivity index (χ3v) is 4.60. The minimum absolute atomic E-state index is 0.341. The van der Waals surface area contributed by atoms with Gasteiger partial charge in [0.05, 0.1) is 0 Å². The summed E-state index contributed by atoms with van der Waals surface area (Å²) in [5.41, 5.74) is 4.82. The van der Waals surface area contributed by atoms with Crippen molar-refractivity contribution in [3.8, 4) is 11.1 Å². The summed E-state index contributed by atoms with van der Waals surface area (Å²) in [5.74, 6) is -0.695. The number of benzene rings is 2. The molecule has 1 aliphatic heterocycles. The Balaban J connectivity index is 1.79. The van der Waals surface area contributed by atoms with Crippen LogP contribution in [0.1, 0.15) is 30.4 Å². The molecule has 1 heterocycles. The van der Waals surface area contributed by atoms with Crippen LogP contribution in [0.3, 0.4) is 0 Å². The van der Waals surface area contributed by atoms with Crippen molar-refractivity contribution in [2.45, 2.75) is 38.8 Å². The van der Waals surface area contributed by atoms with E-state index in [1.807, 2.05) is 0 Å². The lowest BCUT2D eigenvalue weighted by atomic mass is 9.99. The number of piperidine rings is 1. The Hall–Kier alpha value is -2.13. The van der Waals surface area contributed by atoms with E-state index in [2.05, 4.69) is 60.4 Å². The summed E-state index contributed by atoms with van der Waals surface area (Å²) in [4.78, 5) is 13.5. The van der Waals surface area contributed by atoms with Crippen LogP contribution in [0.4, 0.5) is 0 Å². The summed E-state index contributed by atoms with van der Waals surface area (Å²) in [6.07, 6.45) is 2.85. The minimum atomic E-state index is -0.695. The fourth-order valence-corrected chi connectivity index (χ4v) is 3.29. The molecule has 1 unspecified atom stereocenters. The summed E-state index contributed by atoms with van der Waals surface area (Å²) in [6.45, 7) is 3.66. The first-order valence-electron chi connectivity index (χ1n) is 8.26. The lowest BCUT2D eigenvalue weighted by Gasteiger charge is -2.32. The average molecular weight is 309 g/mol. The molecule has 0 bridgehead atoms. The summed E-state index contributed by atoms with van der Waals surface area (Å²) in [6, 6.07) is 16.6. The van der Waals surface area contributed by atoms with Gasteiger partial charge in [-0.25, -0.2) is 0 Å². The SMILES string of the molecule is Cc1ccc(-c2cccc(CN3CCCCC3C(=O)O)c2)cc1. The van der Waals surface area contributed by atoms with Gasteiger partial charge in [0.25, 0.3) is 0 Å². The lowest BCUT2D eigenvalue weighted by molar-refractivity contribution is -0.144. The molecule has 1 N–H and O–H groups in total. The molecule has 3 rings (SSSR count). The van der Waals surface area contributed by atoms with Gasteiger partial charge in [0.15, 0.2) is 0 Å². The van der Waals surface area contributed by atoms with Crippen LogP contribution in [0.25, 0.3) is 11.1 Å². The molecule has 0 radical (unpaired) electrons. The Kier molecular flexibility index (Phi) is 4.77. The zero-order valence-electron chi connectivity index (χ0n) is 13.5. The molecule has 1 saturated heterocycles. The smallest absolute Gasteiger partial charge is 0.320 e. The molecular weight excluding hydrogens is 286 g/mol. The molecule has 0 amide bonds. The Morgan fingerprint density at radius 3 is 2.65 bits per heavy atom. The van der Waals surface area contributed by atoms with Crippen LogP contribution in [-0.2, 0) is 11.3 Å². The second kappa shape index (κ2) is 6.97. The first kappa shape index (κ1) is 15.8. The van der Waals surface area contributed by atoms with Crippen LogP contribution >= 0.6 is 0 Å². The van der Waals surface area contributed by atoms with E-state index in [0.717, 1.165) is 25.8 Å². The Morgan fingerprint density at radius 1 is 1.13 bits per heavy atom. The highest BCUT2D eigenvalue weighted by atomic mass is 16.4. The zero-order valence-corrected chi connectivity index (χ0v) is 13.5. The fourth-order valence-electron chi connectivity index (χ4n) is 3.29. The number of carboxylic acid groups (broad SMARTS) is 1. The monoisotopic (exact) mass is 309 g/mol. The number of rotatable bonds is 4. The van der Waals surface area contributed by atoms with Gasteiger partial charge in [-0.2, -0.15) is 0 Å². The molecule has 1 atom stereocenters. The van der Waals surface area contributed by atoms with Crippen molar-refractivity contribution in [2.24, 2.45) is 0 Å². The maximum absolute atomic E-state index is 11.4. The van der Waals surface area contributed by atoms with Crippen LogP contribution in [0.15, 0.2) is 48.5 Å². The summed E-state index contributed by atoms with van der Waals surface area (Å²) in [5, 5.41) is 9.40. The Bertz CT molecular complexity index is 678. The van der Waals surface area contributed by atoms with E-state index in [1.165, 1.54) is 22.3 Å². The Labute approximate surface area is 137 Å². The highest BCUT2D eigenvalue weighted by molar-refractivity contribution is 5.73. The van der Waals surface area contributed by atoms with Gasteiger partial charge < -0.3 is 5.11 Å². The quantitative estimate of drug-likeness (QED) is 0.924. The molecule has 0 spiro atoms. The molecular formula is C20H23NO2. The van der Waals surface area contributed by atoms with Gasteiger partial charge in [-0.05, 0) is 49.1 Å². The molecule has 1 aliphatic rings. The maximum atomic E-state index is 11.4. The summed E-state index contributed by atoms with van der Waals surface area (Å²) in [7, 11) is 0. The third-order valence-electron chi connectivity index (χ3n) is 4.60. The average Bonchev–Trinajstić information content (AvgIpc) is 2.56. The molecule has 0 aliphatic carbocycles. The molecule has 2 aromatic carbocycles. The van der Waals surface area contributed by atoms with Crippen LogP contribution in [0.2, 0.25) is 0 Å². The number of aryl methyl sites for hydroxylation is 1. The van der Waals surface area contributed by atoms with Crippen molar-refractivity contribution >= 4 is 5.97 Å². The standard InChI is InChI=1S/C20H23NO2/c1-15-8-10-17(11-9-15)18-6-4-5-16(13-18)14-21-12-3-2-7-19(21)20(22)23/h4-6,8-11,13,19H,2-3,7,12,14H2,1H3,(H,22,23). The van der Waals surface area contributed by atoms with E-state index in [1.54, 1.807) is 0 Å². The fraction of sp³-hybridized carbons (Fsp3) is 0.350. The van der Waals surface area contributed by atoms with E-state index in [9.17, 15) is 9.90 Å². The molecule has 0 saturated carbocycles. The Morgan fingerprint density at radius 2 is 1.91 bits per heavy atom. The van der Waals surface area contributed by atoms with Crippen LogP contribution in [-0.4, -0.2) is 28.6 Å². The highest BCUT2D eigenvalue weighted by Crippen LogP contribution is 2.24. The first-order valence-corrected chi connectivity index (χ1v) is 8.26. The van der Waals surface area contributed by atoms with Gasteiger partial charge in [-0.1, -0.05) is 54.4 Å². The third kappa shape index (κ3) is 3.80. The molecule has 120 valence electrons. The van der Waals surface area contributed by atoms with E-state index in [4.69, 9.17) is 0 Å². The van der Waals surface area contributed by atoms with Crippen LogP contribution in [0.5, 0.6) is 0 Å². The van der Waals surface area contributed by atoms with Crippen molar-refractivity contribution < 1.29 is 9.90 Å². The number of nitrogens with zero attached hydrogens (tertiary/aromatic N) is 1. The highest BCUT2D eigenvalue weighted by Gasteiger charge is 2.28.